The Balaban J connectivity index is 2.31. The van der Waals surface area contributed by atoms with Crippen molar-refractivity contribution in [2.75, 3.05) is 6.67 Å². The summed E-state index contributed by atoms with van der Waals surface area (Å²) in [6, 6.07) is 0. The molecule has 0 atom stereocenters. The Kier molecular flexibility index (Phi) is 1.66. The van der Waals surface area contributed by atoms with Crippen LogP contribution < -0.4 is 5.43 Å². The molecular weight excluding hydrogens is 151 g/mol. The molecule has 58 valence electrons. The second kappa shape index (κ2) is 2.33. The lowest BCUT2D eigenvalue weighted by Crippen LogP contribution is -2.30. The van der Waals surface area contributed by atoms with E-state index in [1.807, 2.05) is 0 Å². The Morgan fingerprint density at radius 1 is 1.60 bits per heavy atom. The summed E-state index contributed by atoms with van der Waals surface area (Å²) in [6.45, 7) is -0.0838. The second-order valence-corrected chi connectivity index (χ2v) is 1.51. The quantitative estimate of drug-likeness (QED) is 0.589. The van der Waals surface area contributed by atoms with Gasteiger partial charge < -0.3 is 0 Å². The van der Waals surface area contributed by atoms with Crippen LogP contribution in [0, 0.1) is 0 Å². The van der Waals surface area contributed by atoms with E-state index in [0.29, 0.717) is 5.06 Å². The van der Waals surface area contributed by atoms with Gasteiger partial charge in [-0.1, -0.05) is 0 Å². The SMILES string of the molecule is FC(F)(F)ON1C=NNC1. The highest BCUT2D eigenvalue weighted by atomic mass is 19.4. The average Bonchev–Trinajstić information content (AvgIpc) is 2.12. The lowest BCUT2D eigenvalue weighted by atomic mass is 11.0. The third kappa shape index (κ3) is 2.09. The van der Waals surface area contributed by atoms with Crippen molar-refractivity contribution >= 4 is 6.34 Å². The van der Waals surface area contributed by atoms with E-state index >= 15 is 0 Å². The van der Waals surface area contributed by atoms with Crippen LogP contribution in [0.15, 0.2) is 5.10 Å². The number of halogens is 3. The average molecular weight is 155 g/mol. The predicted molar refractivity (Wildman–Crippen MR) is 25.5 cm³/mol. The van der Waals surface area contributed by atoms with Crippen molar-refractivity contribution in [3.8, 4) is 0 Å². The van der Waals surface area contributed by atoms with E-state index in [2.05, 4.69) is 15.4 Å². The number of alkyl halides is 3. The van der Waals surface area contributed by atoms with E-state index in [9.17, 15) is 13.2 Å². The fraction of sp³-hybridized carbons (Fsp3) is 0.667. The number of hydrogen-bond donors (Lipinski definition) is 1. The van der Waals surface area contributed by atoms with E-state index in [0.717, 1.165) is 6.34 Å². The monoisotopic (exact) mass is 155 g/mol. The zero-order valence-electron chi connectivity index (χ0n) is 4.72. The second-order valence-electron chi connectivity index (χ2n) is 1.51. The standard InChI is InChI=1S/C3H4F3N3O/c4-3(5,6)10-9-1-7-8-2-9/h1,8H,2H2. The molecule has 0 spiro atoms. The van der Waals surface area contributed by atoms with Crippen molar-refractivity contribution < 1.29 is 18.0 Å². The van der Waals surface area contributed by atoms with Crippen LogP contribution in [-0.2, 0) is 4.84 Å². The minimum Gasteiger partial charge on any atom is -0.287 e. The highest BCUT2D eigenvalue weighted by molar-refractivity contribution is 5.54. The van der Waals surface area contributed by atoms with Crippen LogP contribution in [0.4, 0.5) is 13.2 Å². The third-order valence-corrected chi connectivity index (χ3v) is 0.725. The molecule has 1 rings (SSSR count). The Morgan fingerprint density at radius 3 is 2.70 bits per heavy atom. The molecule has 1 N–H and O–H groups in total. The number of hydroxylamine groups is 2. The summed E-state index contributed by atoms with van der Waals surface area (Å²) in [7, 11) is 0. The topological polar surface area (TPSA) is 36.9 Å². The zero-order chi connectivity index (χ0) is 7.61. The minimum atomic E-state index is -4.64. The van der Waals surface area contributed by atoms with Gasteiger partial charge >= 0.3 is 6.36 Å². The molecule has 0 aromatic carbocycles. The van der Waals surface area contributed by atoms with Crippen LogP contribution in [0.25, 0.3) is 0 Å². The largest absolute Gasteiger partial charge is 0.544 e. The summed E-state index contributed by atoms with van der Waals surface area (Å²) < 4.78 is 34.1. The van der Waals surface area contributed by atoms with Crippen molar-refractivity contribution in [3.05, 3.63) is 0 Å². The first-order chi connectivity index (χ1) is 4.58. The molecule has 0 aromatic heterocycles. The Morgan fingerprint density at radius 2 is 2.30 bits per heavy atom. The third-order valence-electron chi connectivity index (χ3n) is 0.725. The number of rotatable bonds is 1. The molecule has 0 saturated heterocycles. The first-order valence-electron chi connectivity index (χ1n) is 2.36. The maximum atomic E-state index is 11.4. The van der Waals surface area contributed by atoms with Gasteiger partial charge in [-0.25, -0.2) is 5.06 Å². The molecule has 0 aromatic rings. The van der Waals surface area contributed by atoms with Crippen molar-refractivity contribution in [1.82, 2.24) is 10.5 Å². The van der Waals surface area contributed by atoms with Crippen LogP contribution in [0.1, 0.15) is 0 Å². The first kappa shape index (κ1) is 7.13. The summed E-state index contributed by atoms with van der Waals surface area (Å²) in [5.74, 6) is 0. The first-order valence-corrected chi connectivity index (χ1v) is 2.36. The van der Waals surface area contributed by atoms with E-state index in [4.69, 9.17) is 0 Å². The van der Waals surface area contributed by atoms with Crippen molar-refractivity contribution in [1.29, 1.82) is 0 Å². The molecule has 7 heteroatoms. The molecule has 0 bridgehead atoms. The Labute approximate surface area is 54.2 Å². The molecule has 10 heavy (non-hydrogen) atoms. The van der Waals surface area contributed by atoms with E-state index in [-0.39, 0.29) is 6.67 Å². The smallest absolute Gasteiger partial charge is 0.287 e. The summed E-state index contributed by atoms with van der Waals surface area (Å²) >= 11 is 0. The van der Waals surface area contributed by atoms with Gasteiger partial charge in [-0.05, 0) is 0 Å². The molecule has 0 amide bonds. The fourth-order valence-corrected chi connectivity index (χ4v) is 0.445. The molecule has 1 aliphatic rings. The van der Waals surface area contributed by atoms with Gasteiger partial charge in [0.25, 0.3) is 0 Å². The molecule has 0 aliphatic carbocycles. The summed E-state index contributed by atoms with van der Waals surface area (Å²) in [4.78, 5) is 3.42. The molecule has 0 unspecified atom stereocenters. The zero-order valence-corrected chi connectivity index (χ0v) is 4.72. The van der Waals surface area contributed by atoms with Gasteiger partial charge in [0.2, 0.25) is 0 Å². The highest BCUT2D eigenvalue weighted by Crippen LogP contribution is 2.17. The molecule has 0 radical (unpaired) electrons. The van der Waals surface area contributed by atoms with Gasteiger partial charge in [0.15, 0.2) is 0 Å². The van der Waals surface area contributed by atoms with E-state index in [1.165, 1.54) is 0 Å². The van der Waals surface area contributed by atoms with E-state index in [1.54, 1.807) is 0 Å². The Hall–Kier alpha value is -0.980. The molecule has 4 nitrogen and oxygen atoms in total. The van der Waals surface area contributed by atoms with E-state index < -0.39 is 6.36 Å². The lowest BCUT2D eigenvalue weighted by molar-refractivity contribution is -0.393. The van der Waals surface area contributed by atoms with Crippen LogP contribution in [0.3, 0.4) is 0 Å². The molecule has 0 saturated carbocycles. The van der Waals surface area contributed by atoms with Gasteiger partial charge in [0.05, 0.1) is 0 Å². The Bertz CT molecular complexity index is 144. The molecule has 1 aliphatic heterocycles. The van der Waals surface area contributed by atoms with Gasteiger partial charge in [-0.15, -0.1) is 13.2 Å². The van der Waals surface area contributed by atoms with Crippen LogP contribution >= 0.6 is 0 Å². The van der Waals surface area contributed by atoms with Crippen molar-refractivity contribution in [2.45, 2.75) is 6.36 Å². The number of nitrogens with one attached hydrogen (secondary N) is 1. The van der Waals surface area contributed by atoms with Crippen molar-refractivity contribution in [3.63, 3.8) is 0 Å². The van der Waals surface area contributed by atoms with Gasteiger partial charge in [-0.3, -0.25) is 5.43 Å². The summed E-state index contributed by atoms with van der Waals surface area (Å²) in [5.41, 5.74) is 2.27. The van der Waals surface area contributed by atoms with Gasteiger partial charge in [-0.2, -0.15) is 9.94 Å². The van der Waals surface area contributed by atoms with Crippen LogP contribution in [-0.4, -0.2) is 24.4 Å². The molecule has 0 fully saturated rings. The fourth-order valence-electron chi connectivity index (χ4n) is 0.445. The highest BCUT2D eigenvalue weighted by Gasteiger charge is 2.33. The van der Waals surface area contributed by atoms with Gasteiger partial charge in [0, 0.05) is 0 Å². The number of hydrogen-bond acceptors (Lipinski definition) is 4. The molecular formula is C3H4F3N3O. The van der Waals surface area contributed by atoms with Crippen LogP contribution in [0.2, 0.25) is 0 Å². The van der Waals surface area contributed by atoms with Crippen LogP contribution in [0.5, 0.6) is 0 Å². The van der Waals surface area contributed by atoms with Gasteiger partial charge in [0.1, 0.15) is 13.0 Å². The number of hydrazone groups is 1. The van der Waals surface area contributed by atoms with Crippen molar-refractivity contribution in [2.24, 2.45) is 5.10 Å². The maximum Gasteiger partial charge on any atom is 0.544 e. The minimum absolute atomic E-state index is 0.0838. The molecule has 1 heterocycles. The predicted octanol–water partition coefficient (Wildman–Crippen LogP) is 0.244. The summed E-state index contributed by atoms with van der Waals surface area (Å²) in [5, 5.41) is 3.82. The number of nitrogens with zero attached hydrogens (tertiary/aromatic N) is 2. The normalized spacial score (nSPS) is 17.7. The maximum absolute atomic E-state index is 11.4. The summed E-state index contributed by atoms with van der Waals surface area (Å²) in [6.07, 6.45) is -3.73. The lowest BCUT2D eigenvalue weighted by Gasteiger charge is -2.13.